The van der Waals surface area contributed by atoms with Gasteiger partial charge in [0.05, 0.1) is 10.5 Å². The van der Waals surface area contributed by atoms with Gasteiger partial charge in [-0.15, -0.1) is 5.10 Å². The molecule has 2 aromatic carbocycles. The Morgan fingerprint density at radius 1 is 1.28 bits per heavy atom. The first kappa shape index (κ1) is 23.6. The smallest absolute Gasteiger partial charge is 0.434 e. The molecule has 2 atom stereocenters. The molecule has 1 heterocycles. The van der Waals surface area contributed by atoms with E-state index in [0.29, 0.717) is 5.56 Å². The highest BCUT2D eigenvalue weighted by Gasteiger charge is 2.34. The standard InChI is InChI=1S/C20H19ClFN3O6S/c1-9-4-6-14(22)16(10(9)2)11(3)17(18-23-24-20(28)31-18)25-32(29,30)15-7-5-12(21)8-13(15)19(26)27/h4-8,11,17,25H,1-3H3,(H,24,28)(H,26,27). The van der Waals surface area contributed by atoms with E-state index in [1.54, 1.807) is 19.9 Å². The molecule has 0 aliphatic rings. The van der Waals surface area contributed by atoms with Crippen LogP contribution in [0.1, 0.15) is 51.8 Å². The zero-order valence-electron chi connectivity index (χ0n) is 17.1. The van der Waals surface area contributed by atoms with Crippen LogP contribution >= 0.6 is 11.6 Å². The molecule has 32 heavy (non-hydrogen) atoms. The summed E-state index contributed by atoms with van der Waals surface area (Å²) >= 11 is 5.81. The van der Waals surface area contributed by atoms with E-state index in [4.69, 9.17) is 16.0 Å². The molecule has 0 saturated carbocycles. The van der Waals surface area contributed by atoms with Crippen molar-refractivity contribution >= 4 is 27.6 Å². The van der Waals surface area contributed by atoms with Crippen LogP contribution in [-0.2, 0) is 10.0 Å². The Morgan fingerprint density at radius 3 is 2.56 bits per heavy atom. The Kier molecular flexibility index (Phi) is 6.54. The number of hydrogen-bond donors (Lipinski definition) is 3. The third kappa shape index (κ3) is 4.59. The highest BCUT2D eigenvalue weighted by molar-refractivity contribution is 7.89. The number of H-pyrrole nitrogens is 1. The number of aryl methyl sites for hydroxylation is 1. The highest BCUT2D eigenvalue weighted by Crippen LogP contribution is 2.35. The second-order valence-corrected chi connectivity index (χ2v) is 9.31. The number of sulfonamides is 1. The van der Waals surface area contributed by atoms with Gasteiger partial charge in [-0.1, -0.05) is 24.6 Å². The van der Waals surface area contributed by atoms with Crippen LogP contribution in [0, 0.1) is 19.7 Å². The molecule has 0 bridgehead atoms. The lowest BCUT2D eigenvalue weighted by atomic mass is 9.88. The van der Waals surface area contributed by atoms with Crippen LogP contribution in [0.5, 0.6) is 0 Å². The van der Waals surface area contributed by atoms with E-state index in [9.17, 15) is 27.5 Å². The van der Waals surface area contributed by atoms with E-state index in [0.717, 1.165) is 17.7 Å². The molecule has 0 radical (unpaired) electrons. The number of rotatable bonds is 7. The van der Waals surface area contributed by atoms with Gasteiger partial charge in [0.15, 0.2) is 0 Å². The fraction of sp³-hybridized carbons (Fsp3) is 0.250. The predicted molar refractivity (Wildman–Crippen MR) is 113 cm³/mol. The van der Waals surface area contributed by atoms with Crippen molar-refractivity contribution in [1.29, 1.82) is 0 Å². The first-order valence-corrected chi connectivity index (χ1v) is 11.1. The quantitative estimate of drug-likeness (QED) is 0.468. The molecule has 0 saturated heterocycles. The lowest BCUT2D eigenvalue weighted by Crippen LogP contribution is -2.33. The number of aromatic carboxylic acids is 1. The zero-order chi connectivity index (χ0) is 23.8. The molecular weight excluding hydrogens is 465 g/mol. The van der Waals surface area contributed by atoms with Gasteiger partial charge in [0.2, 0.25) is 15.9 Å². The summed E-state index contributed by atoms with van der Waals surface area (Å²) in [6, 6.07) is 4.75. The topological polar surface area (TPSA) is 142 Å². The number of hydrogen-bond acceptors (Lipinski definition) is 6. The number of carbonyl (C=O) groups is 1. The van der Waals surface area contributed by atoms with Crippen LogP contribution in [0.2, 0.25) is 5.02 Å². The summed E-state index contributed by atoms with van der Waals surface area (Å²) in [5.74, 6) is -4.26. The Balaban J connectivity index is 2.14. The molecule has 0 spiro atoms. The van der Waals surface area contributed by atoms with Crippen molar-refractivity contribution < 1.29 is 27.1 Å². The SMILES string of the molecule is Cc1ccc(F)c(C(C)C(NS(=O)(=O)c2ccc(Cl)cc2C(=O)O)c2n[nH]c(=O)o2)c1C. The second-order valence-electron chi connectivity index (χ2n) is 7.19. The van der Waals surface area contributed by atoms with Gasteiger partial charge in [0.25, 0.3) is 0 Å². The molecule has 1 aromatic heterocycles. The van der Waals surface area contributed by atoms with Gasteiger partial charge in [0.1, 0.15) is 11.9 Å². The van der Waals surface area contributed by atoms with Crippen molar-refractivity contribution in [3.8, 4) is 0 Å². The minimum atomic E-state index is -4.51. The summed E-state index contributed by atoms with van der Waals surface area (Å²) in [6.07, 6.45) is 0. The van der Waals surface area contributed by atoms with Gasteiger partial charge >= 0.3 is 11.7 Å². The molecule has 0 aliphatic carbocycles. The van der Waals surface area contributed by atoms with Crippen molar-refractivity contribution in [3.05, 3.63) is 79.9 Å². The summed E-state index contributed by atoms with van der Waals surface area (Å²) < 4.78 is 48.3. The summed E-state index contributed by atoms with van der Waals surface area (Å²) in [5.41, 5.74) is 0.984. The monoisotopic (exact) mass is 483 g/mol. The number of nitrogens with one attached hydrogen (secondary N) is 2. The van der Waals surface area contributed by atoms with Gasteiger partial charge in [-0.05, 0) is 54.8 Å². The average Bonchev–Trinajstić information content (AvgIpc) is 3.15. The summed E-state index contributed by atoms with van der Waals surface area (Å²) in [7, 11) is -4.51. The number of halogens is 2. The predicted octanol–water partition coefficient (Wildman–Crippen LogP) is 3.29. The van der Waals surface area contributed by atoms with Crippen molar-refractivity contribution in [3.63, 3.8) is 0 Å². The Bertz CT molecular complexity index is 1350. The van der Waals surface area contributed by atoms with Crippen molar-refractivity contribution in [1.82, 2.24) is 14.9 Å². The maximum atomic E-state index is 14.7. The molecule has 3 rings (SSSR count). The average molecular weight is 484 g/mol. The highest BCUT2D eigenvalue weighted by atomic mass is 35.5. The number of benzene rings is 2. The maximum absolute atomic E-state index is 14.7. The summed E-state index contributed by atoms with van der Waals surface area (Å²) in [4.78, 5) is 22.6. The lowest BCUT2D eigenvalue weighted by Gasteiger charge is -2.25. The number of carboxylic acids is 1. The van der Waals surface area contributed by atoms with Crippen LogP contribution in [0.15, 0.2) is 44.4 Å². The van der Waals surface area contributed by atoms with Gasteiger partial charge in [0, 0.05) is 10.9 Å². The minimum absolute atomic E-state index is 0.0297. The third-order valence-electron chi connectivity index (χ3n) is 5.15. The largest absolute Gasteiger partial charge is 0.478 e. The van der Waals surface area contributed by atoms with Crippen LogP contribution in [0.25, 0.3) is 0 Å². The van der Waals surface area contributed by atoms with Crippen LogP contribution in [0.3, 0.4) is 0 Å². The molecular formula is C20H19ClFN3O6S. The first-order chi connectivity index (χ1) is 14.9. The summed E-state index contributed by atoms with van der Waals surface area (Å²) in [6.45, 7) is 4.98. The van der Waals surface area contributed by atoms with Gasteiger partial charge in [-0.25, -0.2) is 27.5 Å². The maximum Gasteiger partial charge on any atom is 0.434 e. The molecule has 12 heteroatoms. The van der Waals surface area contributed by atoms with E-state index in [1.807, 2.05) is 5.10 Å². The molecule has 170 valence electrons. The van der Waals surface area contributed by atoms with Gasteiger partial charge in [-0.3, -0.25) is 0 Å². The van der Waals surface area contributed by atoms with Crippen LogP contribution in [-0.4, -0.2) is 29.7 Å². The van der Waals surface area contributed by atoms with Crippen molar-refractivity contribution in [2.24, 2.45) is 0 Å². The van der Waals surface area contributed by atoms with E-state index in [2.05, 4.69) is 9.82 Å². The number of aromatic amines is 1. The Labute approximate surface area is 187 Å². The second kappa shape index (κ2) is 8.85. The lowest BCUT2D eigenvalue weighted by molar-refractivity contribution is 0.0692. The molecule has 3 aromatic rings. The fourth-order valence-corrected chi connectivity index (χ4v) is 5.03. The van der Waals surface area contributed by atoms with Crippen molar-refractivity contribution in [2.75, 3.05) is 0 Å². The number of carboxylic acid groups (broad SMARTS) is 1. The number of nitrogens with zero attached hydrogens (tertiary/aromatic N) is 1. The summed E-state index contributed by atoms with van der Waals surface area (Å²) in [5, 5.41) is 15.2. The normalized spacial score (nSPS) is 13.7. The zero-order valence-corrected chi connectivity index (χ0v) is 18.7. The third-order valence-corrected chi connectivity index (χ3v) is 6.89. The van der Waals surface area contributed by atoms with Crippen LogP contribution < -0.4 is 10.5 Å². The first-order valence-electron chi connectivity index (χ1n) is 9.28. The number of aromatic nitrogens is 2. The van der Waals surface area contributed by atoms with Crippen LogP contribution in [0.4, 0.5) is 4.39 Å². The molecule has 0 amide bonds. The Hall–Kier alpha value is -3.02. The molecule has 9 nitrogen and oxygen atoms in total. The molecule has 2 unspecified atom stereocenters. The molecule has 3 N–H and O–H groups in total. The van der Waals surface area contributed by atoms with E-state index in [-0.39, 0.29) is 16.5 Å². The van der Waals surface area contributed by atoms with Gasteiger partial charge in [-0.2, -0.15) is 4.72 Å². The van der Waals surface area contributed by atoms with Gasteiger partial charge < -0.3 is 9.52 Å². The Morgan fingerprint density at radius 2 is 1.97 bits per heavy atom. The minimum Gasteiger partial charge on any atom is -0.478 e. The molecule has 0 aliphatic heterocycles. The van der Waals surface area contributed by atoms with E-state index in [1.165, 1.54) is 19.1 Å². The van der Waals surface area contributed by atoms with E-state index >= 15 is 0 Å². The molecule has 0 fully saturated rings. The fourth-order valence-electron chi connectivity index (χ4n) is 3.41. The van der Waals surface area contributed by atoms with E-state index < -0.39 is 50.0 Å². The van der Waals surface area contributed by atoms with Crippen molar-refractivity contribution in [2.45, 2.75) is 37.6 Å².